The first-order chi connectivity index (χ1) is 11.1. The van der Waals surface area contributed by atoms with Crippen LogP contribution >= 0.6 is 0 Å². The fraction of sp³-hybridized carbons (Fsp3) is 0.353. The van der Waals surface area contributed by atoms with Gasteiger partial charge in [-0.25, -0.2) is 14.6 Å². The number of benzene rings is 1. The van der Waals surface area contributed by atoms with Crippen LogP contribution in [0.5, 0.6) is 0 Å². The van der Waals surface area contributed by atoms with Gasteiger partial charge in [-0.05, 0) is 20.4 Å². The highest BCUT2D eigenvalue weighted by atomic mass is 15.4. The molecular weight excluding hydrogens is 288 g/mol. The molecule has 0 radical (unpaired) electrons. The lowest BCUT2D eigenvalue weighted by molar-refractivity contribution is 0.385. The second-order valence-corrected chi connectivity index (χ2v) is 6.32. The van der Waals surface area contributed by atoms with Crippen molar-refractivity contribution in [3.8, 4) is 11.3 Å². The number of hydrogen-bond acceptors (Lipinski definition) is 5. The van der Waals surface area contributed by atoms with Gasteiger partial charge in [-0.2, -0.15) is 5.10 Å². The summed E-state index contributed by atoms with van der Waals surface area (Å²) in [6, 6.07) is 8.66. The number of likely N-dealkylation sites (tertiary alicyclic amines) is 1. The van der Waals surface area contributed by atoms with Crippen LogP contribution in [0.15, 0.2) is 30.6 Å². The SMILES string of the molecule is Cc1ccc(-c2nn(C3CCN(C)C3)c3ncnc(N)c23)cc1. The van der Waals surface area contributed by atoms with E-state index in [4.69, 9.17) is 10.8 Å². The normalized spacial score (nSPS) is 18.8. The van der Waals surface area contributed by atoms with E-state index in [1.165, 1.54) is 11.9 Å². The predicted molar refractivity (Wildman–Crippen MR) is 91.1 cm³/mol. The molecule has 2 N–H and O–H groups in total. The van der Waals surface area contributed by atoms with Crippen LogP contribution in [-0.4, -0.2) is 44.8 Å². The second-order valence-electron chi connectivity index (χ2n) is 6.32. The van der Waals surface area contributed by atoms with Crippen molar-refractivity contribution in [2.45, 2.75) is 19.4 Å². The molecule has 1 aromatic carbocycles. The van der Waals surface area contributed by atoms with Crippen molar-refractivity contribution in [3.63, 3.8) is 0 Å². The molecule has 0 spiro atoms. The Bertz CT molecular complexity index is 851. The quantitative estimate of drug-likeness (QED) is 0.786. The zero-order valence-electron chi connectivity index (χ0n) is 13.4. The minimum Gasteiger partial charge on any atom is -0.383 e. The standard InChI is InChI=1S/C17H20N6/c1-11-3-5-12(6-4-11)15-14-16(18)19-10-20-17(14)23(21-15)13-7-8-22(2)9-13/h3-6,10,13H,7-9H2,1-2H3,(H2,18,19,20). The van der Waals surface area contributed by atoms with Crippen LogP contribution < -0.4 is 5.73 Å². The van der Waals surface area contributed by atoms with E-state index >= 15 is 0 Å². The van der Waals surface area contributed by atoms with Gasteiger partial charge in [0, 0.05) is 18.7 Å². The van der Waals surface area contributed by atoms with Gasteiger partial charge >= 0.3 is 0 Å². The van der Waals surface area contributed by atoms with Crippen LogP contribution in [0.1, 0.15) is 18.0 Å². The van der Waals surface area contributed by atoms with Gasteiger partial charge in [0.25, 0.3) is 0 Å². The van der Waals surface area contributed by atoms with Crippen LogP contribution in [0.4, 0.5) is 5.82 Å². The number of aromatic nitrogens is 4. The zero-order chi connectivity index (χ0) is 16.0. The maximum absolute atomic E-state index is 6.15. The summed E-state index contributed by atoms with van der Waals surface area (Å²) >= 11 is 0. The van der Waals surface area contributed by atoms with Gasteiger partial charge in [0.1, 0.15) is 17.8 Å². The van der Waals surface area contributed by atoms with Gasteiger partial charge in [0.15, 0.2) is 5.65 Å². The van der Waals surface area contributed by atoms with Gasteiger partial charge in [-0.15, -0.1) is 0 Å². The lowest BCUT2D eigenvalue weighted by atomic mass is 10.1. The Morgan fingerprint density at radius 2 is 1.96 bits per heavy atom. The molecule has 1 aliphatic rings. The average molecular weight is 308 g/mol. The number of likely N-dealkylation sites (N-methyl/N-ethyl adjacent to an activating group) is 1. The average Bonchev–Trinajstić information content (AvgIpc) is 3.13. The monoisotopic (exact) mass is 308 g/mol. The maximum Gasteiger partial charge on any atom is 0.164 e. The lowest BCUT2D eigenvalue weighted by Crippen LogP contribution is -2.17. The Balaban J connectivity index is 1.92. The van der Waals surface area contributed by atoms with Gasteiger partial charge in [0.05, 0.1) is 11.4 Å². The number of rotatable bonds is 2. The molecule has 0 saturated carbocycles. The molecule has 0 aliphatic carbocycles. The summed E-state index contributed by atoms with van der Waals surface area (Å²) in [6.45, 7) is 4.13. The van der Waals surface area contributed by atoms with Crippen molar-refractivity contribution in [3.05, 3.63) is 36.2 Å². The molecule has 1 aliphatic heterocycles. The first kappa shape index (κ1) is 14.1. The van der Waals surface area contributed by atoms with Gasteiger partial charge in [0.2, 0.25) is 0 Å². The van der Waals surface area contributed by atoms with E-state index in [2.05, 4.69) is 53.1 Å². The Morgan fingerprint density at radius 3 is 2.65 bits per heavy atom. The lowest BCUT2D eigenvalue weighted by Gasteiger charge is -2.11. The fourth-order valence-electron chi connectivity index (χ4n) is 3.27. The minimum absolute atomic E-state index is 0.330. The predicted octanol–water partition coefficient (Wildman–Crippen LogP) is 2.26. The zero-order valence-corrected chi connectivity index (χ0v) is 13.4. The molecule has 1 fully saturated rings. The number of nitrogen functional groups attached to an aromatic ring is 1. The molecular formula is C17H20N6. The summed E-state index contributed by atoms with van der Waals surface area (Å²) in [5.41, 5.74) is 10.1. The first-order valence-corrected chi connectivity index (χ1v) is 7.88. The number of nitrogens with zero attached hydrogens (tertiary/aromatic N) is 5. The third kappa shape index (κ3) is 2.35. The molecule has 0 amide bonds. The van der Waals surface area contributed by atoms with Crippen molar-refractivity contribution >= 4 is 16.9 Å². The molecule has 3 aromatic rings. The van der Waals surface area contributed by atoms with Crippen molar-refractivity contribution < 1.29 is 0 Å². The summed E-state index contributed by atoms with van der Waals surface area (Å²) in [5, 5.41) is 5.73. The van der Waals surface area contributed by atoms with E-state index in [1.807, 2.05) is 4.68 Å². The molecule has 6 nitrogen and oxygen atoms in total. The molecule has 23 heavy (non-hydrogen) atoms. The molecule has 3 heterocycles. The summed E-state index contributed by atoms with van der Waals surface area (Å²) in [7, 11) is 2.13. The summed E-state index contributed by atoms with van der Waals surface area (Å²) in [4.78, 5) is 10.9. The van der Waals surface area contributed by atoms with E-state index < -0.39 is 0 Å². The highest BCUT2D eigenvalue weighted by Crippen LogP contribution is 2.33. The summed E-state index contributed by atoms with van der Waals surface area (Å²) in [6.07, 6.45) is 2.60. The van der Waals surface area contributed by atoms with E-state index in [1.54, 1.807) is 0 Å². The van der Waals surface area contributed by atoms with Crippen molar-refractivity contribution in [1.82, 2.24) is 24.6 Å². The number of hydrogen-bond donors (Lipinski definition) is 1. The molecule has 1 unspecified atom stereocenters. The number of nitrogens with two attached hydrogens (primary N) is 1. The third-order valence-corrected chi connectivity index (χ3v) is 4.56. The van der Waals surface area contributed by atoms with E-state index in [-0.39, 0.29) is 0 Å². The summed E-state index contributed by atoms with van der Waals surface area (Å²) < 4.78 is 2.03. The highest BCUT2D eigenvalue weighted by molar-refractivity contribution is 5.98. The maximum atomic E-state index is 6.15. The van der Waals surface area contributed by atoms with E-state index in [9.17, 15) is 0 Å². The Hall–Kier alpha value is -2.47. The molecule has 4 rings (SSSR count). The molecule has 0 bridgehead atoms. The van der Waals surface area contributed by atoms with Crippen molar-refractivity contribution in [2.75, 3.05) is 25.9 Å². The van der Waals surface area contributed by atoms with Crippen LogP contribution in [0.25, 0.3) is 22.3 Å². The van der Waals surface area contributed by atoms with Crippen LogP contribution in [0, 0.1) is 6.92 Å². The largest absolute Gasteiger partial charge is 0.383 e. The van der Waals surface area contributed by atoms with Gasteiger partial charge in [-0.3, -0.25) is 0 Å². The number of anilines is 1. The molecule has 2 aromatic heterocycles. The first-order valence-electron chi connectivity index (χ1n) is 7.88. The number of fused-ring (bicyclic) bond motifs is 1. The topological polar surface area (TPSA) is 72.9 Å². The highest BCUT2D eigenvalue weighted by Gasteiger charge is 2.26. The van der Waals surface area contributed by atoms with Crippen molar-refractivity contribution in [2.24, 2.45) is 0 Å². The van der Waals surface area contributed by atoms with Crippen LogP contribution in [0.2, 0.25) is 0 Å². The molecule has 1 atom stereocenters. The van der Waals surface area contributed by atoms with Gasteiger partial charge < -0.3 is 10.6 Å². The molecule has 1 saturated heterocycles. The Labute approximate surface area is 135 Å². The second kappa shape index (κ2) is 5.31. The third-order valence-electron chi connectivity index (χ3n) is 4.56. The Kier molecular flexibility index (Phi) is 3.27. The van der Waals surface area contributed by atoms with Crippen LogP contribution in [-0.2, 0) is 0 Å². The Morgan fingerprint density at radius 1 is 1.17 bits per heavy atom. The van der Waals surface area contributed by atoms with Crippen molar-refractivity contribution in [1.29, 1.82) is 0 Å². The fourth-order valence-corrected chi connectivity index (χ4v) is 3.27. The summed E-state index contributed by atoms with van der Waals surface area (Å²) in [5.74, 6) is 0.489. The molecule has 6 heteroatoms. The van der Waals surface area contributed by atoms with Crippen LogP contribution in [0.3, 0.4) is 0 Å². The van der Waals surface area contributed by atoms with Gasteiger partial charge in [-0.1, -0.05) is 29.8 Å². The number of aryl methyl sites for hydroxylation is 1. The minimum atomic E-state index is 0.330. The molecule has 118 valence electrons. The smallest absolute Gasteiger partial charge is 0.164 e. The van der Waals surface area contributed by atoms with E-state index in [0.717, 1.165) is 41.8 Å². The van der Waals surface area contributed by atoms with E-state index in [0.29, 0.717) is 11.9 Å².